The quantitative estimate of drug-likeness (QED) is 0.773. The Morgan fingerprint density at radius 1 is 1.17 bits per heavy atom. The minimum absolute atomic E-state index is 0.112. The van der Waals surface area contributed by atoms with Crippen molar-refractivity contribution in [2.24, 2.45) is 4.99 Å². The molecule has 1 aromatic rings. The molecule has 4 nitrogen and oxygen atoms in total. The third-order valence-electron chi connectivity index (χ3n) is 3.54. The van der Waals surface area contributed by atoms with Gasteiger partial charge in [-0.25, -0.2) is 0 Å². The standard InChI is InChI=1S/C14H17N3O/c18-13-9-16-14(12-4-2-1-3-11(12)13)17-10-5-7-15-8-6-10/h1-4,10,15H,5-9H2,(H,16,17). The molecule has 2 aliphatic heterocycles. The largest absolute Gasteiger partial charge is 0.367 e. The van der Waals surface area contributed by atoms with Gasteiger partial charge in [0.05, 0.1) is 0 Å². The van der Waals surface area contributed by atoms with E-state index in [4.69, 9.17) is 0 Å². The average Bonchev–Trinajstić information content (AvgIpc) is 2.44. The zero-order chi connectivity index (χ0) is 12.4. The van der Waals surface area contributed by atoms with Gasteiger partial charge in [0.1, 0.15) is 12.4 Å². The van der Waals surface area contributed by atoms with Gasteiger partial charge in [-0.15, -0.1) is 0 Å². The smallest absolute Gasteiger partial charge is 0.185 e. The molecule has 0 unspecified atom stereocenters. The summed E-state index contributed by atoms with van der Waals surface area (Å²) in [5, 5.41) is 6.84. The van der Waals surface area contributed by atoms with Crippen molar-refractivity contribution in [3.8, 4) is 0 Å². The second-order valence-corrected chi connectivity index (χ2v) is 4.80. The minimum Gasteiger partial charge on any atom is -0.367 e. The van der Waals surface area contributed by atoms with Crippen LogP contribution >= 0.6 is 0 Å². The Kier molecular flexibility index (Phi) is 3.11. The molecule has 94 valence electrons. The Morgan fingerprint density at radius 3 is 2.67 bits per heavy atom. The van der Waals surface area contributed by atoms with Gasteiger partial charge in [-0.2, -0.15) is 0 Å². The summed E-state index contributed by atoms with van der Waals surface area (Å²) in [6, 6.07) is 8.18. The number of amidine groups is 1. The van der Waals surface area contributed by atoms with Gasteiger partial charge in [0.25, 0.3) is 0 Å². The molecule has 4 heteroatoms. The van der Waals surface area contributed by atoms with Gasteiger partial charge in [0.15, 0.2) is 5.78 Å². The van der Waals surface area contributed by atoms with Gasteiger partial charge in [-0.1, -0.05) is 24.3 Å². The summed E-state index contributed by atoms with van der Waals surface area (Å²) >= 11 is 0. The molecule has 1 fully saturated rings. The first kappa shape index (κ1) is 11.4. The van der Waals surface area contributed by atoms with Crippen molar-refractivity contribution >= 4 is 11.6 Å². The number of piperidine rings is 1. The molecule has 0 bridgehead atoms. The zero-order valence-corrected chi connectivity index (χ0v) is 10.3. The number of hydrogen-bond donors (Lipinski definition) is 2. The topological polar surface area (TPSA) is 53.5 Å². The normalized spacial score (nSPS) is 20.2. The number of carbonyl (C=O) groups excluding carboxylic acids is 1. The number of ketones is 1. The summed E-state index contributed by atoms with van der Waals surface area (Å²) in [6.07, 6.45) is 2.21. The lowest BCUT2D eigenvalue weighted by molar-refractivity contribution is 0.1000. The number of benzene rings is 1. The van der Waals surface area contributed by atoms with Crippen LogP contribution in [0.25, 0.3) is 0 Å². The van der Waals surface area contributed by atoms with Gasteiger partial charge < -0.3 is 10.6 Å². The van der Waals surface area contributed by atoms with E-state index in [0.29, 0.717) is 6.04 Å². The zero-order valence-electron chi connectivity index (χ0n) is 10.3. The molecule has 0 spiro atoms. The van der Waals surface area contributed by atoms with Crippen molar-refractivity contribution in [1.82, 2.24) is 10.6 Å². The predicted octanol–water partition coefficient (Wildman–Crippen LogP) is 0.971. The molecule has 2 N–H and O–H groups in total. The van der Waals surface area contributed by atoms with E-state index < -0.39 is 0 Å². The van der Waals surface area contributed by atoms with Gasteiger partial charge in [0.2, 0.25) is 0 Å². The van der Waals surface area contributed by atoms with Crippen molar-refractivity contribution in [3.05, 3.63) is 35.4 Å². The predicted molar refractivity (Wildman–Crippen MR) is 71.2 cm³/mol. The first-order valence-corrected chi connectivity index (χ1v) is 6.49. The third kappa shape index (κ3) is 2.16. The van der Waals surface area contributed by atoms with Crippen molar-refractivity contribution in [2.75, 3.05) is 19.6 Å². The van der Waals surface area contributed by atoms with Crippen molar-refractivity contribution in [1.29, 1.82) is 0 Å². The maximum Gasteiger partial charge on any atom is 0.185 e. The van der Waals surface area contributed by atoms with Crippen LogP contribution in [0, 0.1) is 0 Å². The molecule has 0 amide bonds. The molecule has 0 atom stereocenters. The van der Waals surface area contributed by atoms with Crippen molar-refractivity contribution < 1.29 is 4.79 Å². The number of fused-ring (bicyclic) bond motifs is 1. The van der Waals surface area contributed by atoms with Crippen LogP contribution in [-0.2, 0) is 0 Å². The third-order valence-corrected chi connectivity index (χ3v) is 3.54. The van der Waals surface area contributed by atoms with E-state index in [9.17, 15) is 4.79 Å². The van der Waals surface area contributed by atoms with E-state index in [0.717, 1.165) is 42.9 Å². The van der Waals surface area contributed by atoms with E-state index in [1.165, 1.54) is 0 Å². The molecule has 2 aliphatic rings. The van der Waals surface area contributed by atoms with Gasteiger partial charge in [-0.05, 0) is 25.9 Å². The maximum atomic E-state index is 11.8. The van der Waals surface area contributed by atoms with E-state index in [2.05, 4.69) is 15.6 Å². The average molecular weight is 243 g/mol. The first-order valence-electron chi connectivity index (χ1n) is 6.49. The van der Waals surface area contributed by atoms with Crippen LogP contribution in [0.4, 0.5) is 0 Å². The molecular weight excluding hydrogens is 226 g/mol. The summed E-state index contributed by atoms with van der Waals surface area (Å²) in [5.41, 5.74) is 1.75. The molecular formula is C14H17N3O. The highest BCUT2D eigenvalue weighted by atomic mass is 16.1. The van der Waals surface area contributed by atoms with Crippen molar-refractivity contribution in [3.63, 3.8) is 0 Å². The number of Topliss-reactive ketones (excluding diaryl/α,β-unsaturated/α-hetero) is 1. The Hall–Kier alpha value is -1.68. The van der Waals surface area contributed by atoms with Gasteiger partial charge in [0, 0.05) is 17.2 Å². The highest BCUT2D eigenvalue weighted by molar-refractivity contribution is 6.14. The minimum atomic E-state index is 0.112. The lowest BCUT2D eigenvalue weighted by Crippen LogP contribution is -2.44. The summed E-state index contributed by atoms with van der Waals surface area (Å²) in [7, 11) is 0. The number of carbonyl (C=O) groups is 1. The molecule has 1 saturated heterocycles. The summed E-state index contributed by atoms with van der Waals surface area (Å²) < 4.78 is 0. The Bertz CT molecular complexity index is 490. The van der Waals surface area contributed by atoms with Gasteiger partial charge in [-0.3, -0.25) is 9.79 Å². The van der Waals surface area contributed by atoms with Crippen LogP contribution in [0.3, 0.4) is 0 Å². The summed E-state index contributed by atoms with van der Waals surface area (Å²) in [5.74, 6) is 0.999. The van der Waals surface area contributed by atoms with E-state index in [-0.39, 0.29) is 12.3 Å². The Labute approximate surface area is 106 Å². The van der Waals surface area contributed by atoms with Crippen molar-refractivity contribution in [2.45, 2.75) is 18.9 Å². The molecule has 18 heavy (non-hydrogen) atoms. The number of nitrogens with one attached hydrogen (secondary N) is 2. The fourth-order valence-corrected chi connectivity index (χ4v) is 2.54. The molecule has 0 aromatic heterocycles. The number of hydrogen-bond acceptors (Lipinski definition) is 4. The fourth-order valence-electron chi connectivity index (χ4n) is 2.54. The highest BCUT2D eigenvalue weighted by Gasteiger charge is 2.22. The lowest BCUT2D eigenvalue weighted by Gasteiger charge is -2.27. The summed E-state index contributed by atoms with van der Waals surface area (Å²) in [6.45, 7) is 2.36. The van der Waals surface area contributed by atoms with Gasteiger partial charge >= 0.3 is 0 Å². The van der Waals surface area contributed by atoms with E-state index in [1.54, 1.807) is 0 Å². The van der Waals surface area contributed by atoms with Crippen LogP contribution in [0.5, 0.6) is 0 Å². The Morgan fingerprint density at radius 2 is 1.89 bits per heavy atom. The lowest BCUT2D eigenvalue weighted by atomic mass is 9.98. The van der Waals surface area contributed by atoms with Crippen LogP contribution in [0.15, 0.2) is 29.3 Å². The maximum absolute atomic E-state index is 11.8. The number of aliphatic imine (C=N–C) groups is 1. The fraction of sp³-hybridized carbons (Fsp3) is 0.429. The first-order chi connectivity index (χ1) is 8.84. The number of rotatable bonds is 1. The second kappa shape index (κ2) is 4.90. The molecule has 3 rings (SSSR count). The molecule has 1 aromatic carbocycles. The Balaban J connectivity index is 1.82. The monoisotopic (exact) mass is 243 g/mol. The number of nitrogens with zero attached hydrogens (tertiary/aromatic N) is 1. The molecule has 0 aliphatic carbocycles. The summed E-state index contributed by atoms with van der Waals surface area (Å²) in [4.78, 5) is 16.2. The van der Waals surface area contributed by atoms with E-state index >= 15 is 0 Å². The van der Waals surface area contributed by atoms with Crippen LogP contribution in [0.2, 0.25) is 0 Å². The molecule has 0 saturated carbocycles. The van der Waals surface area contributed by atoms with Crippen LogP contribution in [-0.4, -0.2) is 37.3 Å². The molecule has 0 radical (unpaired) electrons. The van der Waals surface area contributed by atoms with E-state index in [1.807, 2.05) is 24.3 Å². The highest BCUT2D eigenvalue weighted by Crippen LogP contribution is 2.16. The molecule has 2 heterocycles. The SMILES string of the molecule is O=C1CN=C(NC2CCNCC2)c2ccccc21. The second-order valence-electron chi connectivity index (χ2n) is 4.80. The van der Waals surface area contributed by atoms with Crippen LogP contribution in [0.1, 0.15) is 28.8 Å². The van der Waals surface area contributed by atoms with Crippen LogP contribution < -0.4 is 10.6 Å².